The fourth-order valence-corrected chi connectivity index (χ4v) is 3.93. The van der Waals surface area contributed by atoms with Crippen LogP contribution in [0.2, 0.25) is 0 Å². The summed E-state index contributed by atoms with van der Waals surface area (Å²) in [5.74, 6) is -4.94. The zero-order chi connectivity index (χ0) is 31.2. The van der Waals surface area contributed by atoms with Crippen molar-refractivity contribution in [2.75, 3.05) is 41.3 Å². The number of benzene rings is 3. The van der Waals surface area contributed by atoms with Crippen molar-refractivity contribution in [1.29, 1.82) is 0 Å². The molecule has 15 heteroatoms. The quantitative estimate of drug-likeness (QED) is 0.320. The zero-order valence-electron chi connectivity index (χ0n) is 21.3. The molecule has 224 valence electrons. The van der Waals surface area contributed by atoms with Gasteiger partial charge >= 0.3 is 24.3 Å². The molecule has 1 aliphatic rings. The van der Waals surface area contributed by atoms with Crippen molar-refractivity contribution in [1.82, 2.24) is 0 Å². The third-order valence-electron chi connectivity index (χ3n) is 6.00. The molecule has 0 radical (unpaired) electrons. The van der Waals surface area contributed by atoms with Crippen LogP contribution in [0.15, 0.2) is 66.7 Å². The predicted molar refractivity (Wildman–Crippen MR) is 137 cm³/mol. The molecule has 42 heavy (non-hydrogen) atoms. The number of piperazine rings is 1. The maximum atomic E-state index is 13.2. The van der Waals surface area contributed by atoms with Gasteiger partial charge in [-0.05, 0) is 60.7 Å². The summed E-state index contributed by atoms with van der Waals surface area (Å²) in [6.07, 6.45) is -9.51. The average molecular weight is 601 g/mol. The first-order valence-corrected chi connectivity index (χ1v) is 12.0. The van der Waals surface area contributed by atoms with Crippen LogP contribution in [-0.2, 0) is 11.0 Å². The number of anilines is 3. The van der Waals surface area contributed by atoms with Gasteiger partial charge in [0.2, 0.25) is 0 Å². The number of hydrogen-bond donors (Lipinski definition) is 3. The van der Waals surface area contributed by atoms with E-state index in [4.69, 9.17) is 9.90 Å². The van der Waals surface area contributed by atoms with E-state index in [-0.39, 0.29) is 16.8 Å². The number of aromatic carboxylic acids is 1. The molecule has 3 aromatic carbocycles. The van der Waals surface area contributed by atoms with Crippen LogP contribution in [0.5, 0.6) is 0 Å². The van der Waals surface area contributed by atoms with Gasteiger partial charge in [-0.2, -0.15) is 26.3 Å². The summed E-state index contributed by atoms with van der Waals surface area (Å²) in [5.41, 5.74) is 0.775. The summed E-state index contributed by atoms with van der Waals surface area (Å²) in [5, 5.41) is 19.2. The molecule has 1 heterocycles. The highest BCUT2D eigenvalue weighted by Crippen LogP contribution is 2.33. The molecule has 1 fully saturated rings. The third kappa shape index (κ3) is 8.34. The molecule has 0 atom stereocenters. The molecule has 0 aromatic heterocycles. The van der Waals surface area contributed by atoms with Crippen molar-refractivity contribution in [3.63, 3.8) is 0 Å². The number of carbonyl (C=O) groups excluding carboxylic acids is 1. The second-order valence-electron chi connectivity index (χ2n) is 8.82. The fourth-order valence-electron chi connectivity index (χ4n) is 3.93. The Balaban J connectivity index is 0.000000616. The molecule has 3 N–H and O–H groups in total. The van der Waals surface area contributed by atoms with Gasteiger partial charge in [0.25, 0.3) is 5.91 Å². The SMILES string of the molecule is O=C(O)C(F)(F)F.O=C(O)c1ccc(N2CCN(c3cccc(C(F)(F)F)c3)CC2)c(NC(=O)c2ccc(F)cc2)c1. The smallest absolute Gasteiger partial charge is 0.478 e. The minimum absolute atomic E-state index is 0.0224. The summed E-state index contributed by atoms with van der Waals surface area (Å²) in [6.45, 7) is 1.71. The van der Waals surface area contributed by atoms with Gasteiger partial charge in [0.05, 0.1) is 22.5 Å². The molecule has 8 nitrogen and oxygen atoms in total. The molecule has 1 aliphatic heterocycles. The molecule has 0 saturated carbocycles. The largest absolute Gasteiger partial charge is 0.490 e. The number of carbonyl (C=O) groups is 3. The molecule has 0 spiro atoms. The number of halogens is 7. The minimum atomic E-state index is -5.08. The number of aliphatic carboxylic acids is 1. The van der Waals surface area contributed by atoms with Crippen LogP contribution in [0.3, 0.4) is 0 Å². The van der Waals surface area contributed by atoms with Crippen LogP contribution in [0, 0.1) is 5.82 Å². The van der Waals surface area contributed by atoms with Crippen LogP contribution in [-0.4, -0.2) is 60.4 Å². The molecular formula is C27H22F7N3O5. The van der Waals surface area contributed by atoms with Crippen LogP contribution >= 0.6 is 0 Å². The molecular weight excluding hydrogens is 579 g/mol. The summed E-state index contributed by atoms with van der Waals surface area (Å²) in [7, 11) is 0. The Morgan fingerprint density at radius 3 is 1.81 bits per heavy atom. The minimum Gasteiger partial charge on any atom is -0.478 e. The summed E-state index contributed by atoms with van der Waals surface area (Å²) in [6, 6.07) is 14.4. The predicted octanol–water partition coefficient (Wildman–Crippen LogP) is 5.75. The van der Waals surface area contributed by atoms with Gasteiger partial charge in [0.1, 0.15) is 5.82 Å². The van der Waals surface area contributed by atoms with Gasteiger partial charge in [0.15, 0.2) is 0 Å². The number of nitrogens with one attached hydrogen (secondary N) is 1. The zero-order valence-corrected chi connectivity index (χ0v) is 21.3. The van der Waals surface area contributed by atoms with Crippen molar-refractivity contribution in [3.05, 3.63) is 89.2 Å². The lowest BCUT2D eigenvalue weighted by molar-refractivity contribution is -0.192. The number of alkyl halides is 6. The molecule has 1 saturated heterocycles. The summed E-state index contributed by atoms with van der Waals surface area (Å²) < 4.78 is 84.2. The lowest BCUT2D eigenvalue weighted by atomic mass is 10.1. The van der Waals surface area contributed by atoms with E-state index >= 15 is 0 Å². The number of amides is 1. The fraction of sp³-hybridized carbons (Fsp3) is 0.222. The monoisotopic (exact) mass is 601 g/mol. The highest BCUT2D eigenvalue weighted by molar-refractivity contribution is 6.06. The Labute approximate surface area is 233 Å². The average Bonchev–Trinajstić information content (AvgIpc) is 2.93. The highest BCUT2D eigenvalue weighted by Gasteiger charge is 2.38. The Kier molecular flexibility index (Phi) is 9.65. The van der Waals surface area contributed by atoms with Crippen LogP contribution in [0.1, 0.15) is 26.3 Å². The van der Waals surface area contributed by atoms with Crippen molar-refractivity contribution < 1.29 is 55.3 Å². The van der Waals surface area contributed by atoms with Crippen molar-refractivity contribution in [2.24, 2.45) is 0 Å². The van der Waals surface area contributed by atoms with E-state index < -0.39 is 41.6 Å². The second-order valence-corrected chi connectivity index (χ2v) is 8.82. The lowest BCUT2D eigenvalue weighted by Crippen LogP contribution is -2.46. The molecule has 0 unspecified atom stereocenters. The van der Waals surface area contributed by atoms with Gasteiger partial charge in [0, 0.05) is 37.4 Å². The topological polar surface area (TPSA) is 110 Å². The third-order valence-corrected chi connectivity index (χ3v) is 6.00. The van der Waals surface area contributed by atoms with Crippen LogP contribution in [0.25, 0.3) is 0 Å². The van der Waals surface area contributed by atoms with E-state index in [9.17, 15) is 45.4 Å². The van der Waals surface area contributed by atoms with E-state index in [1.165, 1.54) is 30.3 Å². The van der Waals surface area contributed by atoms with Gasteiger partial charge in [-0.3, -0.25) is 4.79 Å². The van der Waals surface area contributed by atoms with E-state index in [1.807, 2.05) is 9.80 Å². The van der Waals surface area contributed by atoms with Gasteiger partial charge in [-0.15, -0.1) is 0 Å². The Bertz CT molecular complexity index is 1440. The molecule has 0 bridgehead atoms. The number of hydrogen-bond acceptors (Lipinski definition) is 5. The van der Waals surface area contributed by atoms with Gasteiger partial charge in [-0.25, -0.2) is 14.0 Å². The van der Waals surface area contributed by atoms with Crippen molar-refractivity contribution in [3.8, 4) is 0 Å². The lowest BCUT2D eigenvalue weighted by Gasteiger charge is -2.38. The van der Waals surface area contributed by atoms with Gasteiger partial charge < -0.3 is 25.3 Å². The molecule has 1 amide bonds. The van der Waals surface area contributed by atoms with Crippen LogP contribution < -0.4 is 15.1 Å². The number of nitrogens with zero attached hydrogens (tertiary/aromatic N) is 2. The first-order chi connectivity index (χ1) is 19.6. The Hall–Kier alpha value is -4.82. The van der Waals surface area contributed by atoms with E-state index in [0.29, 0.717) is 37.6 Å². The van der Waals surface area contributed by atoms with Crippen LogP contribution in [0.4, 0.5) is 47.8 Å². The highest BCUT2D eigenvalue weighted by atomic mass is 19.4. The molecule has 0 aliphatic carbocycles. The Morgan fingerprint density at radius 1 is 0.738 bits per heavy atom. The maximum absolute atomic E-state index is 13.2. The first kappa shape index (κ1) is 31.7. The standard InChI is InChI=1S/C25H21F4N3O3.C2HF3O2/c26-19-7-4-16(5-8-19)23(33)30-21-14-17(24(34)35)6-9-22(21)32-12-10-31(11-13-32)20-3-1-2-18(15-20)25(27,28)29;3-2(4,5)1(6)7/h1-9,14-15H,10-13H2,(H,30,33)(H,34,35);(H,6,7). The van der Waals surface area contributed by atoms with Crippen molar-refractivity contribution >= 4 is 34.9 Å². The van der Waals surface area contributed by atoms with Gasteiger partial charge in [-0.1, -0.05) is 6.07 Å². The summed E-state index contributed by atoms with van der Waals surface area (Å²) in [4.78, 5) is 36.8. The van der Waals surface area contributed by atoms with Crippen molar-refractivity contribution in [2.45, 2.75) is 12.4 Å². The normalized spacial score (nSPS) is 13.6. The molecule has 4 rings (SSSR count). The Morgan fingerprint density at radius 2 is 1.29 bits per heavy atom. The second kappa shape index (κ2) is 12.8. The first-order valence-electron chi connectivity index (χ1n) is 12.0. The van der Waals surface area contributed by atoms with E-state index in [2.05, 4.69) is 5.32 Å². The number of carboxylic acid groups (broad SMARTS) is 2. The van der Waals surface area contributed by atoms with E-state index in [0.717, 1.165) is 24.3 Å². The van der Waals surface area contributed by atoms with E-state index in [1.54, 1.807) is 12.1 Å². The number of rotatable bonds is 5. The maximum Gasteiger partial charge on any atom is 0.490 e. The summed E-state index contributed by atoms with van der Waals surface area (Å²) >= 11 is 0. The molecule has 3 aromatic rings. The number of carboxylic acids is 2.